The molecule has 5 rings (SSSR count). The molecule has 2 heterocycles. The monoisotopic (exact) mass is 639 g/mol. The predicted octanol–water partition coefficient (Wildman–Crippen LogP) is 5.14. The Morgan fingerprint density at radius 2 is 1.73 bits per heavy atom. The minimum Gasteiger partial charge on any atom is -0.437 e. The minimum absolute atomic E-state index is 0.0255. The number of methoxy groups -OCH3 is 1. The molecular formula is C30H24F3N5O6S. The number of rotatable bonds is 6. The summed E-state index contributed by atoms with van der Waals surface area (Å²) in [6, 6.07) is 17.1. The molecule has 232 valence electrons. The summed E-state index contributed by atoms with van der Waals surface area (Å²) in [5.41, 5.74) is -0.345. The number of benzene rings is 3. The van der Waals surface area contributed by atoms with E-state index in [1.807, 2.05) is 6.07 Å². The zero-order valence-corrected chi connectivity index (χ0v) is 24.8. The molecule has 0 fully saturated rings. The third kappa shape index (κ3) is 6.04. The molecule has 0 aliphatic carbocycles. The van der Waals surface area contributed by atoms with Gasteiger partial charge in [-0.3, -0.25) is 4.90 Å². The molecule has 1 atom stereocenters. The lowest BCUT2D eigenvalue weighted by Gasteiger charge is -2.35. The average molecular weight is 640 g/mol. The van der Waals surface area contributed by atoms with Gasteiger partial charge in [-0.1, -0.05) is 30.3 Å². The lowest BCUT2D eigenvalue weighted by Crippen LogP contribution is -2.37. The van der Waals surface area contributed by atoms with E-state index >= 15 is 0 Å². The van der Waals surface area contributed by atoms with Gasteiger partial charge < -0.3 is 9.47 Å². The van der Waals surface area contributed by atoms with Crippen LogP contribution in [0.3, 0.4) is 0 Å². The number of nitrogens with zero attached hydrogens (tertiary/aromatic N) is 5. The van der Waals surface area contributed by atoms with E-state index in [1.165, 1.54) is 60.4 Å². The van der Waals surface area contributed by atoms with Gasteiger partial charge in [-0.15, -0.1) is 5.10 Å². The molecule has 11 nitrogen and oxygen atoms in total. The number of nitriles is 1. The third-order valence-corrected chi connectivity index (χ3v) is 8.21. The number of allylic oxidation sites excluding steroid dienone is 2. The Morgan fingerprint density at radius 1 is 1.07 bits per heavy atom. The van der Waals surface area contributed by atoms with Gasteiger partial charge in [-0.05, 0) is 60.5 Å². The number of fused-ring (bicyclic) bond motifs is 1. The fourth-order valence-corrected chi connectivity index (χ4v) is 5.54. The first-order valence-corrected chi connectivity index (χ1v) is 15.0. The molecule has 3 aromatic carbocycles. The molecule has 1 aliphatic rings. The smallest absolute Gasteiger partial charge is 0.437 e. The summed E-state index contributed by atoms with van der Waals surface area (Å²) in [4.78, 5) is 27.8. The Morgan fingerprint density at radius 3 is 2.31 bits per heavy atom. The van der Waals surface area contributed by atoms with Crippen molar-refractivity contribution in [2.24, 2.45) is 0 Å². The van der Waals surface area contributed by atoms with Crippen LogP contribution < -0.4 is 10.6 Å². The summed E-state index contributed by atoms with van der Waals surface area (Å²) in [5, 5.41) is 13.8. The van der Waals surface area contributed by atoms with Crippen LogP contribution in [0.5, 0.6) is 0 Å². The molecule has 0 bridgehead atoms. The molecule has 1 aliphatic heterocycles. The molecule has 1 aromatic heterocycles. The van der Waals surface area contributed by atoms with Gasteiger partial charge in [0, 0.05) is 11.9 Å². The third-order valence-electron chi connectivity index (χ3n) is 7.08. The quantitative estimate of drug-likeness (QED) is 0.263. The number of anilines is 2. The molecule has 0 N–H and O–H groups in total. The molecule has 0 amide bonds. The fourth-order valence-electron chi connectivity index (χ4n) is 4.91. The van der Waals surface area contributed by atoms with Gasteiger partial charge in [0.2, 0.25) is 5.95 Å². The van der Waals surface area contributed by atoms with Gasteiger partial charge in [-0.25, -0.2) is 27.3 Å². The maximum Gasteiger partial charge on any atom is 0.513 e. The van der Waals surface area contributed by atoms with E-state index in [0.29, 0.717) is 16.7 Å². The first-order valence-electron chi connectivity index (χ1n) is 13.1. The van der Waals surface area contributed by atoms with Gasteiger partial charge >= 0.3 is 18.0 Å². The van der Waals surface area contributed by atoms with Gasteiger partial charge in [0.15, 0.2) is 15.6 Å². The van der Waals surface area contributed by atoms with Crippen molar-refractivity contribution < 1.29 is 35.9 Å². The molecule has 0 unspecified atom stereocenters. The maximum atomic E-state index is 14.1. The Labute approximate surface area is 254 Å². The van der Waals surface area contributed by atoms with Crippen molar-refractivity contribution in [1.29, 1.82) is 5.26 Å². The Hall–Kier alpha value is -5.36. The second kappa shape index (κ2) is 11.6. The summed E-state index contributed by atoms with van der Waals surface area (Å²) in [6.07, 6.45) is -4.76. The second-order valence-corrected chi connectivity index (χ2v) is 12.1. The van der Waals surface area contributed by atoms with Crippen molar-refractivity contribution in [2.75, 3.05) is 18.3 Å². The van der Waals surface area contributed by atoms with E-state index in [0.717, 1.165) is 34.7 Å². The van der Waals surface area contributed by atoms with Crippen LogP contribution in [-0.4, -0.2) is 42.3 Å². The number of alkyl halides is 3. The predicted molar refractivity (Wildman–Crippen MR) is 154 cm³/mol. The molecule has 45 heavy (non-hydrogen) atoms. The van der Waals surface area contributed by atoms with E-state index in [2.05, 4.69) is 5.10 Å². The van der Waals surface area contributed by atoms with Crippen molar-refractivity contribution in [3.63, 3.8) is 0 Å². The highest BCUT2D eigenvalue weighted by molar-refractivity contribution is 7.90. The van der Waals surface area contributed by atoms with Gasteiger partial charge in [-0.2, -0.15) is 18.4 Å². The molecule has 4 aromatic rings. The van der Waals surface area contributed by atoms with Crippen molar-refractivity contribution in [2.45, 2.75) is 30.6 Å². The molecule has 0 saturated carbocycles. The van der Waals surface area contributed by atoms with Crippen LogP contribution in [0.2, 0.25) is 0 Å². The van der Waals surface area contributed by atoms with Gasteiger partial charge in [0.25, 0.3) is 0 Å². The normalized spacial score (nSPS) is 15.0. The van der Waals surface area contributed by atoms with E-state index < -0.39 is 39.5 Å². The molecular weight excluding hydrogens is 615 g/mol. The molecule has 15 heteroatoms. The Balaban J connectivity index is 1.75. The number of carbonyl (C=O) groups is 1. The number of hydrogen-bond donors (Lipinski definition) is 0. The maximum absolute atomic E-state index is 14.1. The van der Waals surface area contributed by atoms with Crippen molar-refractivity contribution in [3.05, 3.63) is 117 Å². The summed E-state index contributed by atoms with van der Waals surface area (Å²) in [6.45, 7) is 1.36. The number of carbonyl (C=O) groups excluding carboxylic acids is 1. The van der Waals surface area contributed by atoms with Crippen LogP contribution in [0.15, 0.2) is 93.9 Å². The number of hydrogen-bond acceptors (Lipinski definition) is 9. The number of halogens is 3. The highest BCUT2D eigenvalue weighted by Gasteiger charge is 2.40. The average Bonchev–Trinajstić information content (AvgIpc) is 3.31. The first-order chi connectivity index (χ1) is 21.2. The van der Waals surface area contributed by atoms with Gasteiger partial charge in [0.1, 0.15) is 6.04 Å². The molecule has 0 saturated heterocycles. The number of sulfone groups is 1. The van der Waals surface area contributed by atoms with E-state index in [-0.39, 0.29) is 34.5 Å². The molecule has 0 spiro atoms. The van der Waals surface area contributed by atoms with Crippen molar-refractivity contribution in [3.8, 4) is 6.07 Å². The summed E-state index contributed by atoms with van der Waals surface area (Å²) in [5.74, 6) is -0.216. The summed E-state index contributed by atoms with van der Waals surface area (Å²) in [7, 11) is -2.40. The lowest BCUT2D eigenvalue weighted by molar-refractivity contribution is -0.137. The number of ether oxygens (including phenoxy) is 2. The zero-order valence-electron chi connectivity index (χ0n) is 23.9. The van der Waals surface area contributed by atoms with E-state index in [4.69, 9.17) is 9.47 Å². The van der Waals surface area contributed by atoms with Crippen LogP contribution in [-0.2, 0) is 32.0 Å². The van der Waals surface area contributed by atoms with E-state index in [1.54, 1.807) is 12.1 Å². The number of aromatic nitrogens is 3. The fraction of sp³-hybridized carbons (Fsp3) is 0.200. The van der Waals surface area contributed by atoms with E-state index in [9.17, 15) is 36.4 Å². The summed E-state index contributed by atoms with van der Waals surface area (Å²) >= 11 is 0. The van der Waals surface area contributed by atoms with Crippen molar-refractivity contribution >= 4 is 27.6 Å². The minimum atomic E-state index is -4.68. The summed E-state index contributed by atoms with van der Waals surface area (Å²) < 4.78 is 77.5. The Kier molecular flexibility index (Phi) is 8.02. The van der Waals surface area contributed by atoms with Crippen LogP contribution >= 0.6 is 0 Å². The SMILES string of the molecule is COC(=O)OC1=C(C)N(c2cccc(C(F)(F)F)c2)c2nn(Cc3ccc(S(C)(=O)=O)cc3)c(=O)n2[C@@H]1c1ccc(C#N)cc1. The molecule has 0 radical (unpaired) electrons. The highest BCUT2D eigenvalue weighted by Crippen LogP contribution is 2.43. The Bertz CT molecular complexity index is 2030. The van der Waals surface area contributed by atoms with Crippen LogP contribution in [0.4, 0.5) is 29.6 Å². The highest BCUT2D eigenvalue weighted by atomic mass is 32.2. The first kappa shape index (κ1) is 31.1. The second-order valence-electron chi connectivity index (χ2n) is 10.1. The largest absolute Gasteiger partial charge is 0.513 e. The van der Waals surface area contributed by atoms with Gasteiger partial charge in [0.05, 0.1) is 41.4 Å². The van der Waals surface area contributed by atoms with Crippen molar-refractivity contribution in [1.82, 2.24) is 14.3 Å². The standard InChI is InChI=1S/C30H24F3N5O6S/c1-18-26(44-29(40)43-2)25(21-11-7-19(16-34)8-12-21)38-27(37(18)23-6-4-5-22(15-23)30(31,32)33)35-36(28(38)39)17-20-9-13-24(14-10-20)45(3,41)42/h4-15,25H,17H2,1-3H3/t25-/m1/s1. The van der Waals surface area contributed by atoms with Crippen LogP contribution in [0.1, 0.15) is 35.2 Å². The zero-order chi connectivity index (χ0) is 32.7. The lowest BCUT2D eigenvalue weighted by atomic mass is 10.00. The topological polar surface area (TPSA) is 137 Å². The van der Waals surface area contributed by atoms with Crippen LogP contribution in [0, 0.1) is 11.3 Å². The van der Waals surface area contributed by atoms with Crippen LogP contribution in [0.25, 0.3) is 0 Å².